The molecule has 0 aliphatic heterocycles. The average Bonchev–Trinajstić information content (AvgIpc) is 2.45. The molecule has 0 saturated carbocycles. The lowest BCUT2D eigenvalue weighted by atomic mass is 10.1. The zero-order valence-corrected chi connectivity index (χ0v) is 13.6. The number of nitrogen functional groups attached to an aromatic ring is 1. The van der Waals surface area contributed by atoms with Crippen molar-refractivity contribution in [1.29, 1.82) is 0 Å². The molecule has 0 bridgehead atoms. The van der Waals surface area contributed by atoms with E-state index in [1.807, 2.05) is 6.07 Å². The highest BCUT2D eigenvalue weighted by Gasteiger charge is 2.13. The molecule has 0 saturated heterocycles. The standard InChI is InChI=1S/C17H29N3O/c1-4-5-6-7-8-9-12-19-16-13-14(18)10-11-15(16)17(21)20(2)3/h10-11,13,19H,4-9,12,18H2,1-3H3. The molecular weight excluding hydrogens is 262 g/mol. The summed E-state index contributed by atoms with van der Waals surface area (Å²) in [5, 5.41) is 3.35. The fraction of sp³-hybridized carbons (Fsp3) is 0.588. The molecule has 4 nitrogen and oxygen atoms in total. The van der Waals surface area contributed by atoms with Crippen molar-refractivity contribution >= 4 is 17.3 Å². The van der Waals surface area contributed by atoms with Crippen molar-refractivity contribution < 1.29 is 4.79 Å². The van der Waals surface area contributed by atoms with Crippen LogP contribution in [0.5, 0.6) is 0 Å². The van der Waals surface area contributed by atoms with Gasteiger partial charge in [0.2, 0.25) is 0 Å². The molecular formula is C17H29N3O. The maximum absolute atomic E-state index is 12.1. The Hall–Kier alpha value is -1.71. The molecule has 3 N–H and O–H groups in total. The lowest BCUT2D eigenvalue weighted by Crippen LogP contribution is -2.23. The van der Waals surface area contributed by atoms with Crippen molar-refractivity contribution in [2.45, 2.75) is 45.4 Å². The third kappa shape index (κ3) is 6.06. The predicted octanol–water partition coefficient (Wildman–Crippen LogP) is 3.74. The first-order valence-corrected chi connectivity index (χ1v) is 7.91. The number of hydrogen-bond acceptors (Lipinski definition) is 3. The summed E-state index contributed by atoms with van der Waals surface area (Å²) in [6.07, 6.45) is 7.55. The van der Waals surface area contributed by atoms with Crippen LogP contribution in [-0.2, 0) is 0 Å². The molecule has 0 aliphatic carbocycles. The van der Waals surface area contributed by atoms with Gasteiger partial charge in [-0.15, -0.1) is 0 Å². The molecule has 1 rings (SSSR count). The van der Waals surface area contributed by atoms with E-state index in [1.165, 1.54) is 32.1 Å². The average molecular weight is 291 g/mol. The van der Waals surface area contributed by atoms with Gasteiger partial charge in [-0.1, -0.05) is 39.0 Å². The molecule has 1 amide bonds. The van der Waals surface area contributed by atoms with Gasteiger partial charge in [0.15, 0.2) is 0 Å². The van der Waals surface area contributed by atoms with Gasteiger partial charge < -0.3 is 16.0 Å². The van der Waals surface area contributed by atoms with Crippen molar-refractivity contribution in [3.05, 3.63) is 23.8 Å². The van der Waals surface area contributed by atoms with E-state index in [9.17, 15) is 4.79 Å². The topological polar surface area (TPSA) is 58.4 Å². The van der Waals surface area contributed by atoms with Crippen LogP contribution in [0.4, 0.5) is 11.4 Å². The van der Waals surface area contributed by atoms with Gasteiger partial charge in [0.1, 0.15) is 0 Å². The smallest absolute Gasteiger partial charge is 0.255 e. The zero-order valence-electron chi connectivity index (χ0n) is 13.6. The van der Waals surface area contributed by atoms with Crippen molar-refractivity contribution in [1.82, 2.24) is 4.90 Å². The highest BCUT2D eigenvalue weighted by Crippen LogP contribution is 2.20. The van der Waals surface area contributed by atoms with E-state index in [0.29, 0.717) is 11.3 Å². The Balaban J connectivity index is 2.50. The Labute approximate surface area is 128 Å². The summed E-state index contributed by atoms with van der Waals surface area (Å²) in [6.45, 7) is 3.11. The molecule has 0 fully saturated rings. The molecule has 0 spiro atoms. The Bertz CT molecular complexity index is 444. The van der Waals surface area contributed by atoms with E-state index in [1.54, 1.807) is 31.1 Å². The lowest BCUT2D eigenvalue weighted by molar-refractivity contribution is 0.0828. The maximum atomic E-state index is 12.1. The molecule has 1 aromatic rings. The maximum Gasteiger partial charge on any atom is 0.255 e. The van der Waals surface area contributed by atoms with Crippen LogP contribution in [0, 0.1) is 0 Å². The van der Waals surface area contributed by atoms with E-state index < -0.39 is 0 Å². The largest absolute Gasteiger partial charge is 0.399 e. The van der Waals surface area contributed by atoms with Crippen molar-refractivity contribution in [3.63, 3.8) is 0 Å². The third-order valence-corrected chi connectivity index (χ3v) is 3.53. The van der Waals surface area contributed by atoms with Crippen LogP contribution < -0.4 is 11.1 Å². The zero-order chi connectivity index (χ0) is 15.7. The van der Waals surface area contributed by atoms with Gasteiger partial charge in [-0.25, -0.2) is 0 Å². The summed E-state index contributed by atoms with van der Waals surface area (Å²) in [4.78, 5) is 13.7. The van der Waals surface area contributed by atoms with Crippen LogP contribution in [0.1, 0.15) is 55.8 Å². The number of amides is 1. The number of benzene rings is 1. The highest BCUT2D eigenvalue weighted by atomic mass is 16.2. The van der Waals surface area contributed by atoms with Crippen molar-refractivity contribution in [2.75, 3.05) is 31.7 Å². The Kier molecular flexibility index (Phi) is 7.65. The van der Waals surface area contributed by atoms with Crippen LogP contribution in [-0.4, -0.2) is 31.4 Å². The van der Waals surface area contributed by atoms with E-state index in [4.69, 9.17) is 5.73 Å². The quantitative estimate of drug-likeness (QED) is 0.538. The number of carbonyl (C=O) groups is 1. The summed E-state index contributed by atoms with van der Waals surface area (Å²) in [6, 6.07) is 5.40. The second-order valence-electron chi connectivity index (χ2n) is 5.70. The van der Waals surface area contributed by atoms with Gasteiger partial charge in [-0.05, 0) is 24.6 Å². The van der Waals surface area contributed by atoms with Crippen molar-refractivity contribution in [2.24, 2.45) is 0 Å². The SMILES string of the molecule is CCCCCCCCNc1cc(N)ccc1C(=O)N(C)C. The van der Waals surface area contributed by atoms with Gasteiger partial charge in [0, 0.05) is 32.0 Å². The number of nitrogens with two attached hydrogens (primary N) is 1. The van der Waals surface area contributed by atoms with Crippen LogP contribution in [0.25, 0.3) is 0 Å². The first kappa shape index (κ1) is 17.3. The fourth-order valence-corrected chi connectivity index (χ4v) is 2.26. The first-order valence-electron chi connectivity index (χ1n) is 7.91. The molecule has 1 aromatic carbocycles. The summed E-state index contributed by atoms with van der Waals surface area (Å²) in [7, 11) is 3.52. The van der Waals surface area contributed by atoms with Gasteiger partial charge in [-0.3, -0.25) is 4.79 Å². The number of carbonyl (C=O) groups excluding carboxylic acids is 1. The fourth-order valence-electron chi connectivity index (χ4n) is 2.26. The minimum atomic E-state index is 0.000413. The van der Waals surface area contributed by atoms with Crippen LogP contribution in [0.3, 0.4) is 0 Å². The molecule has 0 unspecified atom stereocenters. The number of hydrogen-bond donors (Lipinski definition) is 2. The summed E-state index contributed by atoms with van der Waals surface area (Å²) < 4.78 is 0. The van der Waals surface area contributed by atoms with E-state index in [2.05, 4.69) is 12.2 Å². The van der Waals surface area contributed by atoms with Gasteiger partial charge in [-0.2, -0.15) is 0 Å². The van der Waals surface area contributed by atoms with Gasteiger partial charge in [0.25, 0.3) is 5.91 Å². The second kappa shape index (κ2) is 9.27. The Morgan fingerprint density at radius 3 is 2.48 bits per heavy atom. The first-order chi connectivity index (χ1) is 10.1. The Morgan fingerprint density at radius 2 is 1.81 bits per heavy atom. The highest BCUT2D eigenvalue weighted by molar-refractivity contribution is 5.99. The minimum absolute atomic E-state index is 0.000413. The molecule has 4 heteroatoms. The van der Waals surface area contributed by atoms with E-state index in [0.717, 1.165) is 18.7 Å². The lowest BCUT2D eigenvalue weighted by Gasteiger charge is -2.16. The number of unbranched alkanes of at least 4 members (excludes halogenated alkanes) is 5. The summed E-state index contributed by atoms with van der Waals surface area (Å²) in [5.41, 5.74) is 8.02. The van der Waals surface area contributed by atoms with Gasteiger partial charge >= 0.3 is 0 Å². The summed E-state index contributed by atoms with van der Waals surface area (Å²) in [5.74, 6) is 0.000413. The third-order valence-electron chi connectivity index (χ3n) is 3.53. The van der Waals surface area contributed by atoms with Gasteiger partial charge in [0.05, 0.1) is 5.56 Å². The summed E-state index contributed by atoms with van der Waals surface area (Å²) >= 11 is 0. The van der Waals surface area contributed by atoms with Crippen LogP contribution >= 0.6 is 0 Å². The minimum Gasteiger partial charge on any atom is -0.399 e. The molecule has 0 aromatic heterocycles. The van der Waals surface area contributed by atoms with Crippen molar-refractivity contribution in [3.8, 4) is 0 Å². The molecule has 0 radical (unpaired) electrons. The molecule has 0 heterocycles. The molecule has 0 aliphatic rings. The molecule has 21 heavy (non-hydrogen) atoms. The van der Waals surface area contributed by atoms with Crippen LogP contribution in [0.2, 0.25) is 0 Å². The van der Waals surface area contributed by atoms with E-state index >= 15 is 0 Å². The number of nitrogens with zero attached hydrogens (tertiary/aromatic N) is 1. The molecule has 0 atom stereocenters. The predicted molar refractivity (Wildman–Crippen MR) is 90.7 cm³/mol. The second-order valence-corrected chi connectivity index (χ2v) is 5.70. The normalized spacial score (nSPS) is 10.4. The van der Waals surface area contributed by atoms with Crippen LogP contribution in [0.15, 0.2) is 18.2 Å². The molecule has 118 valence electrons. The number of anilines is 2. The van der Waals surface area contributed by atoms with E-state index in [-0.39, 0.29) is 5.91 Å². The number of nitrogens with one attached hydrogen (secondary N) is 1. The Morgan fingerprint density at radius 1 is 1.14 bits per heavy atom. The monoisotopic (exact) mass is 291 g/mol. The number of rotatable bonds is 9.